The summed E-state index contributed by atoms with van der Waals surface area (Å²) < 4.78 is 31.4. The molecule has 0 radical (unpaired) electrons. The van der Waals surface area contributed by atoms with Gasteiger partial charge in [-0.05, 0) is 36.4 Å². The summed E-state index contributed by atoms with van der Waals surface area (Å²) in [6.45, 7) is 0. The predicted molar refractivity (Wildman–Crippen MR) is 80.0 cm³/mol. The van der Waals surface area contributed by atoms with Crippen LogP contribution in [0.15, 0.2) is 53.4 Å². The lowest BCUT2D eigenvalue weighted by atomic mass is 10.2. The van der Waals surface area contributed by atoms with E-state index in [4.69, 9.17) is 11.6 Å². The summed E-state index contributed by atoms with van der Waals surface area (Å²) in [4.78, 5) is 11.3. The first-order valence-electron chi connectivity index (χ1n) is 5.90. The molecule has 0 aliphatic carbocycles. The van der Waals surface area contributed by atoms with Crippen LogP contribution in [0.5, 0.6) is 0 Å². The Morgan fingerprint density at radius 3 is 2.29 bits per heavy atom. The molecule has 0 aliphatic heterocycles. The van der Waals surface area contributed by atoms with Gasteiger partial charge in [-0.2, -0.15) is 0 Å². The average Bonchev–Trinajstić information content (AvgIpc) is 2.47. The number of benzene rings is 2. The van der Waals surface area contributed by atoms with Crippen LogP contribution in [0.1, 0.15) is 10.4 Å². The third kappa shape index (κ3) is 3.53. The van der Waals surface area contributed by atoms with Gasteiger partial charge in [-0.3, -0.25) is 4.72 Å². The molecule has 5 nitrogen and oxygen atoms in total. The SMILES string of the molecule is COC(=O)c1ccc(NS(=O)(=O)c2ccccc2Cl)cc1. The standard InChI is InChI=1S/C14H12ClNO4S/c1-20-14(17)10-6-8-11(9-7-10)16-21(18,19)13-5-3-2-4-12(13)15/h2-9,16H,1H3. The fraction of sp³-hybridized carbons (Fsp3) is 0.0714. The molecule has 0 amide bonds. The van der Waals surface area contributed by atoms with E-state index in [9.17, 15) is 13.2 Å². The molecule has 1 N–H and O–H groups in total. The molecule has 0 unspecified atom stereocenters. The second-order valence-electron chi connectivity index (χ2n) is 4.10. The lowest BCUT2D eigenvalue weighted by molar-refractivity contribution is 0.0601. The lowest BCUT2D eigenvalue weighted by Crippen LogP contribution is -2.13. The third-order valence-electron chi connectivity index (χ3n) is 2.68. The smallest absolute Gasteiger partial charge is 0.337 e. The Bertz CT molecular complexity index is 757. The minimum absolute atomic E-state index is 0.0105. The number of esters is 1. The summed E-state index contributed by atoms with van der Waals surface area (Å²) in [7, 11) is -2.51. The monoisotopic (exact) mass is 325 g/mol. The molecule has 0 aromatic heterocycles. The Balaban J connectivity index is 2.25. The number of nitrogens with one attached hydrogen (secondary N) is 1. The van der Waals surface area contributed by atoms with Crippen molar-refractivity contribution >= 4 is 33.3 Å². The van der Waals surface area contributed by atoms with E-state index in [1.165, 1.54) is 43.5 Å². The van der Waals surface area contributed by atoms with Crippen LogP contribution >= 0.6 is 11.6 Å². The van der Waals surface area contributed by atoms with Crippen LogP contribution in [0.4, 0.5) is 5.69 Å². The first-order chi connectivity index (χ1) is 9.94. The maximum absolute atomic E-state index is 12.2. The molecule has 2 aromatic rings. The highest BCUT2D eigenvalue weighted by Crippen LogP contribution is 2.23. The van der Waals surface area contributed by atoms with E-state index in [1.54, 1.807) is 12.1 Å². The van der Waals surface area contributed by atoms with E-state index in [1.807, 2.05) is 0 Å². The predicted octanol–water partition coefficient (Wildman–Crippen LogP) is 2.93. The molecule has 0 saturated heterocycles. The number of rotatable bonds is 4. The van der Waals surface area contributed by atoms with E-state index in [-0.39, 0.29) is 9.92 Å². The lowest BCUT2D eigenvalue weighted by Gasteiger charge is -2.09. The average molecular weight is 326 g/mol. The van der Waals surface area contributed by atoms with Gasteiger partial charge >= 0.3 is 5.97 Å². The van der Waals surface area contributed by atoms with E-state index in [0.717, 1.165) is 0 Å². The molecule has 0 spiro atoms. The van der Waals surface area contributed by atoms with Gasteiger partial charge in [-0.25, -0.2) is 13.2 Å². The Labute approximate surface area is 127 Å². The molecule has 21 heavy (non-hydrogen) atoms. The Morgan fingerprint density at radius 2 is 1.71 bits per heavy atom. The number of halogens is 1. The van der Waals surface area contributed by atoms with E-state index < -0.39 is 16.0 Å². The molecule has 0 atom stereocenters. The van der Waals surface area contributed by atoms with Crippen molar-refractivity contribution in [3.8, 4) is 0 Å². The zero-order valence-electron chi connectivity index (χ0n) is 11.0. The van der Waals surface area contributed by atoms with Gasteiger partial charge in [0.25, 0.3) is 10.0 Å². The highest BCUT2D eigenvalue weighted by molar-refractivity contribution is 7.92. The molecule has 0 heterocycles. The zero-order valence-corrected chi connectivity index (χ0v) is 12.6. The third-order valence-corrected chi connectivity index (χ3v) is 4.57. The number of methoxy groups -OCH3 is 1. The van der Waals surface area contributed by atoms with Crippen molar-refractivity contribution < 1.29 is 17.9 Å². The van der Waals surface area contributed by atoms with E-state index >= 15 is 0 Å². The molecule has 7 heteroatoms. The summed E-state index contributed by atoms with van der Waals surface area (Å²) in [5.74, 6) is -0.490. The summed E-state index contributed by atoms with van der Waals surface area (Å²) in [5.41, 5.74) is 0.653. The van der Waals surface area contributed by atoms with Crippen LogP contribution in [0.2, 0.25) is 5.02 Å². The van der Waals surface area contributed by atoms with Gasteiger partial charge in [0.15, 0.2) is 0 Å². The Kier molecular flexibility index (Phi) is 4.50. The molecule has 110 valence electrons. The summed E-state index contributed by atoms with van der Waals surface area (Å²) in [6, 6.07) is 12.0. The first-order valence-corrected chi connectivity index (χ1v) is 7.76. The second kappa shape index (κ2) is 6.15. The number of sulfonamides is 1. The highest BCUT2D eigenvalue weighted by atomic mass is 35.5. The van der Waals surface area contributed by atoms with Crippen molar-refractivity contribution in [2.75, 3.05) is 11.8 Å². The summed E-state index contributed by atoms with van der Waals surface area (Å²) in [6.07, 6.45) is 0. The topological polar surface area (TPSA) is 72.5 Å². The van der Waals surface area contributed by atoms with Crippen LogP contribution in [0.25, 0.3) is 0 Å². The number of anilines is 1. The van der Waals surface area contributed by atoms with Gasteiger partial charge in [-0.15, -0.1) is 0 Å². The van der Waals surface area contributed by atoms with Crippen LogP contribution < -0.4 is 4.72 Å². The molecular formula is C14H12ClNO4S. The quantitative estimate of drug-likeness (QED) is 0.877. The van der Waals surface area contributed by atoms with E-state index in [0.29, 0.717) is 11.3 Å². The molecule has 0 saturated carbocycles. The van der Waals surface area contributed by atoms with Crippen molar-refractivity contribution in [1.82, 2.24) is 0 Å². The number of carbonyl (C=O) groups is 1. The summed E-state index contributed by atoms with van der Waals surface area (Å²) in [5, 5.41) is 0.135. The molecule has 0 bridgehead atoms. The minimum atomic E-state index is -3.78. The van der Waals surface area contributed by atoms with Crippen molar-refractivity contribution in [2.24, 2.45) is 0 Å². The highest BCUT2D eigenvalue weighted by Gasteiger charge is 2.17. The zero-order chi connectivity index (χ0) is 15.5. The fourth-order valence-electron chi connectivity index (χ4n) is 1.67. The second-order valence-corrected chi connectivity index (χ2v) is 6.16. The molecule has 2 rings (SSSR count). The molecule has 2 aromatic carbocycles. The molecular weight excluding hydrogens is 314 g/mol. The van der Waals surface area contributed by atoms with Crippen molar-refractivity contribution in [3.05, 3.63) is 59.1 Å². The van der Waals surface area contributed by atoms with Gasteiger partial charge in [0.1, 0.15) is 4.90 Å². The fourth-order valence-corrected chi connectivity index (χ4v) is 3.24. The molecule has 0 aliphatic rings. The van der Waals surface area contributed by atoms with Crippen LogP contribution in [0.3, 0.4) is 0 Å². The summed E-state index contributed by atoms with van der Waals surface area (Å²) >= 11 is 5.88. The van der Waals surface area contributed by atoms with Crippen LogP contribution in [0, 0.1) is 0 Å². The minimum Gasteiger partial charge on any atom is -0.465 e. The van der Waals surface area contributed by atoms with Gasteiger partial charge in [0.2, 0.25) is 0 Å². The maximum Gasteiger partial charge on any atom is 0.337 e. The number of hydrogen-bond acceptors (Lipinski definition) is 4. The van der Waals surface area contributed by atoms with Crippen LogP contribution in [-0.2, 0) is 14.8 Å². The van der Waals surface area contributed by atoms with Crippen molar-refractivity contribution in [1.29, 1.82) is 0 Å². The van der Waals surface area contributed by atoms with Crippen LogP contribution in [-0.4, -0.2) is 21.5 Å². The van der Waals surface area contributed by atoms with Gasteiger partial charge in [-0.1, -0.05) is 23.7 Å². The first kappa shape index (κ1) is 15.3. The number of carbonyl (C=O) groups excluding carboxylic acids is 1. The Morgan fingerprint density at radius 1 is 1.10 bits per heavy atom. The Hall–Kier alpha value is -2.05. The maximum atomic E-state index is 12.2. The van der Waals surface area contributed by atoms with Gasteiger partial charge in [0, 0.05) is 5.69 Å². The van der Waals surface area contributed by atoms with Crippen molar-refractivity contribution in [3.63, 3.8) is 0 Å². The van der Waals surface area contributed by atoms with Gasteiger partial charge < -0.3 is 4.74 Å². The number of hydrogen-bond donors (Lipinski definition) is 1. The largest absolute Gasteiger partial charge is 0.465 e. The molecule has 0 fully saturated rings. The van der Waals surface area contributed by atoms with Crippen molar-refractivity contribution in [2.45, 2.75) is 4.90 Å². The van der Waals surface area contributed by atoms with E-state index in [2.05, 4.69) is 9.46 Å². The number of ether oxygens (including phenoxy) is 1. The van der Waals surface area contributed by atoms with Gasteiger partial charge in [0.05, 0.1) is 17.7 Å². The normalized spacial score (nSPS) is 11.0.